The average Bonchev–Trinajstić information content (AvgIpc) is 3.09. The van der Waals surface area contributed by atoms with E-state index in [1.807, 2.05) is 24.3 Å². The van der Waals surface area contributed by atoms with Gasteiger partial charge in [-0.25, -0.2) is 13.1 Å². The van der Waals surface area contributed by atoms with Crippen LogP contribution in [0.2, 0.25) is 0 Å². The summed E-state index contributed by atoms with van der Waals surface area (Å²) >= 11 is 0. The second kappa shape index (κ2) is 7.61. The summed E-state index contributed by atoms with van der Waals surface area (Å²) in [6.45, 7) is 3.41. The summed E-state index contributed by atoms with van der Waals surface area (Å²) in [5.74, 6) is 0.221. The Balaban J connectivity index is 1.78. The molecule has 26 heavy (non-hydrogen) atoms. The van der Waals surface area contributed by atoms with Crippen molar-refractivity contribution in [2.24, 2.45) is 0 Å². The Labute approximate surface area is 155 Å². The number of rotatable bonds is 5. The summed E-state index contributed by atoms with van der Waals surface area (Å²) < 4.78 is 27.3. The lowest BCUT2D eigenvalue weighted by molar-refractivity contribution is 0.519. The fourth-order valence-electron chi connectivity index (χ4n) is 3.51. The molecule has 1 saturated carbocycles. The van der Waals surface area contributed by atoms with Crippen LogP contribution in [0, 0.1) is 11.3 Å². The van der Waals surface area contributed by atoms with E-state index in [0.717, 1.165) is 30.4 Å². The van der Waals surface area contributed by atoms with Crippen molar-refractivity contribution in [2.45, 2.75) is 50.3 Å². The monoisotopic (exact) mass is 368 g/mol. The molecule has 0 saturated heterocycles. The summed E-state index contributed by atoms with van der Waals surface area (Å²) in [5, 5.41) is 8.48. The number of nitrogens with zero attached hydrogens (tertiary/aromatic N) is 1. The summed E-state index contributed by atoms with van der Waals surface area (Å²) in [4.78, 5) is 0. The zero-order valence-electron chi connectivity index (χ0n) is 15.1. The molecule has 0 unspecified atom stereocenters. The van der Waals surface area contributed by atoms with Crippen LogP contribution in [-0.2, 0) is 10.0 Å². The lowest BCUT2D eigenvalue weighted by atomic mass is 9.92. The van der Waals surface area contributed by atoms with E-state index < -0.39 is 15.3 Å². The van der Waals surface area contributed by atoms with Crippen molar-refractivity contribution >= 4 is 10.0 Å². The molecule has 1 aliphatic carbocycles. The van der Waals surface area contributed by atoms with Crippen molar-refractivity contribution in [3.05, 3.63) is 59.7 Å². The minimum atomic E-state index is -3.26. The molecule has 2 atom stereocenters. The Hall–Kier alpha value is -2.16. The molecule has 1 N–H and O–H groups in total. The van der Waals surface area contributed by atoms with Crippen LogP contribution in [0.4, 0.5) is 0 Å². The number of sulfonamides is 1. The van der Waals surface area contributed by atoms with Crippen molar-refractivity contribution in [3.63, 3.8) is 0 Å². The second-order valence-electron chi connectivity index (χ2n) is 7.17. The largest absolute Gasteiger partial charge is 0.214 e. The Kier molecular flexibility index (Phi) is 5.45. The van der Waals surface area contributed by atoms with Crippen LogP contribution < -0.4 is 4.72 Å². The Morgan fingerprint density at radius 3 is 2.12 bits per heavy atom. The smallest absolute Gasteiger partial charge is 0.212 e. The van der Waals surface area contributed by atoms with Gasteiger partial charge in [0.05, 0.1) is 16.9 Å². The molecule has 1 fully saturated rings. The number of hydrogen-bond acceptors (Lipinski definition) is 3. The van der Waals surface area contributed by atoms with Crippen LogP contribution in [0.25, 0.3) is 11.1 Å². The second-order valence-corrected chi connectivity index (χ2v) is 9.44. The molecule has 1 aliphatic rings. The van der Waals surface area contributed by atoms with Gasteiger partial charge in [0.25, 0.3) is 0 Å². The van der Waals surface area contributed by atoms with Gasteiger partial charge in [0.2, 0.25) is 10.0 Å². The number of hydrogen-bond donors (Lipinski definition) is 1. The first kappa shape index (κ1) is 18.6. The minimum absolute atomic E-state index is 0.0248. The van der Waals surface area contributed by atoms with E-state index in [4.69, 9.17) is 5.26 Å². The van der Waals surface area contributed by atoms with E-state index in [0.29, 0.717) is 5.56 Å². The first-order valence-electron chi connectivity index (χ1n) is 9.02. The van der Waals surface area contributed by atoms with Gasteiger partial charge in [-0.3, -0.25) is 0 Å². The molecule has 5 heteroatoms. The highest BCUT2D eigenvalue weighted by atomic mass is 32.2. The van der Waals surface area contributed by atoms with E-state index >= 15 is 0 Å². The molecule has 2 aromatic carbocycles. The highest BCUT2D eigenvalue weighted by Gasteiger charge is 2.32. The van der Waals surface area contributed by atoms with Crippen molar-refractivity contribution in [3.8, 4) is 17.2 Å². The highest BCUT2D eigenvalue weighted by Crippen LogP contribution is 2.36. The molecule has 0 bridgehead atoms. The molecular weight excluding hydrogens is 344 g/mol. The van der Waals surface area contributed by atoms with Crippen LogP contribution in [0.15, 0.2) is 48.5 Å². The molecule has 2 aromatic rings. The maximum Gasteiger partial charge on any atom is 0.214 e. The molecule has 0 aromatic heterocycles. The summed E-state index contributed by atoms with van der Waals surface area (Å²) in [6, 6.07) is 18.0. The van der Waals surface area contributed by atoms with E-state index in [9.17, 15) is 8.42 Å². The zero-order valence-corrected chi connectivity index (χ0v) is 16.0. The van der Waals surface area contributed by atoms with E-state index in [1.54, 1.807) is 13.8 Å². The van der Waals surface area contributed by atoms with Gasteiger partial charge in [-0.1, -0.05) is 42.8 Å². The summed E-state index contributed by atoms with van der Waals surface area (Å²) in [6.07, 6.45) is 2.92. The molecule has 0 aliphatic heterocycles. The van der Waals surface area contributed by atoms with Crippen LogP contribution >= 0.6 is 0 Å². The van der Waals surface area contributed by atoms with E-state index in [1.165, 1.54) is 5.56 Å². The van der Waals surface area contributed by atoms with Gasteiger partial charge in [-0.15, -0.1) is 0 Å². The first-order valence-corrected chi connectivity index (χ1v) is 10.6. The van der Waals surface area contributed by atoms with Gasteiger partial charge in [0.1, 0.15) is 0 Å². The fraction of sp³-hybridized carbons (Fsp3) is 0.381. The molecule has 0 radical (unpaired) electrons. The van der Waals surface area contributed by atoms with Gasteiger partial charge in [0, 0.05) is 12.0 Å². The number of nitrogens with one attached hydrogen (secondary N) is 1. The van der Waals surface area contributed by atoms with Gasteiger partial charge >= 0.3 is 0 Å². The first-order chi connectivity index (χ1) is 12.4. The minimum Gasteiger partial charge on any atom is -0.212 e. The number of nitriles is 1. The van der Waals surface area contributed by atoms with Gasteiger partial charge in [0.15, 0.2) is 0 Å². The van der Waals surface area contributed by atoms with Crippen molar-refractivity contribution in [2.75, 3.05) is 0 Å². The molecule has 4 nitrogen and oxygen atoms in total. The fourth-order valence-corrected chi connectivity index (χ4v) is 4.48. The quantitative estimate of drug-likeness (QED) is 0.860. The topological polar surface area (TPSA) is 70.0 Å². The molecule has 3 rings (SSSR count). The third-order valence-electron chi connectivity index (χ3n) is 5.14. The Morgan fingerprint density at radius 2 is 1.58 bits per heavy atom. The van der Waals surface area contributed by atoms with Crippen molar-refractivity contribution in [1.82, 2.24) is 4.72 Å². The predicted octanol–water partition coefficient (Wildman–Crippen LogP) is 4.19. The summed E-state index contributed by atoms with van der Waals surface area (Å²) in [7, 11) is -3.26. The Morgan fingerprint density at radius 1 is 1.00 bits per heavy atom. The van der Waals surface area contributed by atoms with E-state index in [-0.39, 0.29) is 12.0 Å². The maximum absolute atomic E-state index is 12.2. The van der Waals surface area contributed by atoms with Crippen LogP contribution in [-0.4, -0.2) is 19.7 Å². The van der Waals surface area contributed by atoms with Crippen LogP contribution in [0.5, 0.6) is 0 Å². The lowest BCUT2D eigenvalue weighted by Gasteiger charge is -2.22. The van der Waals surface area contributed by atoms with Gasteiger partial charge in [-0.2, -0.15) is 5.26 Å². The van der Waals surface area contributed by atoms with Crippen LogP contribution in [0.3, 0.4) is 0 Å². The van der Waals surface area contributed by atoms with Crippen molar-refractivity contribution < 1.29 is 8.42 Å². The molecule has 136 valence electrons. The predicted molar refractivity (Wildman–Crippen MR) is 104 cm³/mol. The molecular formula is C21H24N2O2S. The lowest BCUT2D eigenvalue weighted by Crippen LogP contribution is -2.40. The number of benzene rings is 2. The van der Waals surface area contributed by atoms with E-state index in [2.05, 4.69) is 35.1 Å². The normalized spacial score (nSPS) is 20.2. The molecule has 0 heterocycles. The third kappa shape index (κ3) is 3.98. The standard InChI is InChI=1S/C21H24N2O2S/c1-15(2)26(24,25)23-21-5-3-4-20(21)19-12-10-18(11-13-19)17-8-6-16(14-22)7-9-17/h6-13,15,20-21,23H,3-5H2,1-2H3/t20-,21-/m1/s1. The van der Waals surface area contributed by atoms with Crippen molar-refractivity contribution in [1.29, 1.82) is 5.26 Å². The maximum atomic E-state index is 12.2. The average molecular weight is 369 g/mol. The zero-order chi connectivity index (χ0) is 18.7. The van der Waals surface area contributed by atoms with Gasteiger partial charge in [-0.05, 0) is 55.5 Å². The Bertz CT molecular complexity index is 895. The molecule has 0 amide bonds. The SMILES string of the molecule is CC(C)S(=O)(=O)N[C@@H]1CCC[C@@H]1c1ccc(-c2ccc(C#N)cc2)cc1. The van der Waals surface area contributed by atoms with Crippen LogP contribution in [0.1, 0.15) is 50.2 Å². The summed E-state index contributed by atoms with van der Waals surface area (Å²) in [5.41, 5.74) is 3.99. The molecule has 0 spiro atoms. The van der Waals surface area contributed by atoms with Gasteiger partial charge < -0.3 is 0 Å². The third-order valence-corrected chi connectivity index (χ3v) is 7.01. The highest BCUT2D eigenvalue weighted by molar-refractivity contribution is 7.90.